The molecule has 1 aromatic carbocycles. The van der Waals surface area contributed by atoms with Gasteiger partial charge in [0.1, 0.15) is 6.04 Å². The van der Waals surface area contributed by atoms with Gasteiger partial charge in [0.05, 0.1) is 0 Å². The van der Waals surface area contributed by atoms with Gasteiger partial charge in [-0.05, 0) is 55.5 Å². The van der Waals surface area contributed by atoms with E-state index in [2.05, 4.69) is 0 Å². The average Bonchev–Trinajstić information content (AvgIpc) is 2.26. The van der Waals surface area contributed by atoms with Crippen LogP contribution >= 0.6 is 0 Å². The molecule has 1 rings (SSSR count). The second-order valence-electron chi connectivity index (χ2n) is 4.63. The highest BCUT2D eigenvalue weighted by molar-refractivity contribution is 5.46. The van der Waals surface area contributed by atoms with Crippen LogP contribution in [0.1, 0.15) is 33.9 Å². The number of nitrogens with two attached hydrogens (primary N) is 1. The number of aryl methyl sites for hydroxylation is 2. The first-order valence-corrected chi connectivity index (χ1v) is 5.59. The van der Waals surface area contributed by atoms with Crippen molar-refractivity contribution in [1.29, 1.82) is 0 Å². The van der Waals surface area contributed by atoms with Gasteiger partial charge in [-0.15, -0.1) is 0 Å². The van der Waals surface area contributed by atoms with E-state index in [0.29, 0.717) is 11.1 Å². The van der Waals surface area contributed by atoms with Crippen molar-refractivity contribution in [3.63, 3.8) is 0 Å². The Hall–Kier alpha value is -1.10. The highest BCUT2D eigenvalue weighted by atomic mass is 19.3. The average molecular weight is 263 g/mol. The van der Waals surface area contributed by atoms with Crippen LogP contribution in [0.3, 0.4) is 0 Å². The molecule has 2 N–H and O–H groups in total. The van der Waals surface area contributed by atoms with Gasteiger partial charge in [-0.25, -0.2) is 8.78 Å². The predicted octanol–water partition coefficient (Wildman–Crippen LogP) is 3.82. The second kappa shape index (κ2) is 4.88. The van der Waals surface area contributed by atoms with E-state index in [4.69, 9.17) is 5.73 Å². The van der Waals surface area contributed by atoms with E-state index in [1.807, 2.05) is 6.07 Å². The molecule has 0 saturated carbocycles. The van der Waals surface area contributed by atoms with Crippen molar-refractivity contribution in [2.45, 2.75) is 46.1 Å². The van der Waals surface area contributed by atoms with Crippen molar-refractivity contribution in [3.8, 4) is 0 Å². The van der Waals surface area contributed by atoms with Crippen LogP contribution in [0.5, 0.6) is 0 Å². The lowest BCUT2D eigenvalue weighted by Crippen LogP contribution is -2.40. The Labute approximate surface area is 104 Å². The minimum Gasteiger partial charge on any atom is -0.319 e. The summed E-state index contributed by atoms with van der Waals surface area (Å²) in [6.45, 7) is 6.74. The van der Waals surface area contributed by atoms with E-state index in [9.17, 15) is 17.6 Å². The first-order valence-electron chi connectivity index (χ1n) is 5.59. The summed E-state index contributed by atoms with van der Waals surface area (Å²) in [5.41, 5.74) is 8.14. The van der Waals surface area contributed by atoms with Crippen LogP contribution in [-0.2, 0) is 0 Å². The molecule has 0 aromatic heterocycles. The molecule has 0 aliphatic rings. The van der Waals surface area contributed by atoms with Gasteiger partial charge in [0.15, 0.2) is 0 Å². The van der Waals surface area contributed by atoms with Gasteiger partial charge in [0.2, 0.25) is 0 Å². The lowest BCUT2D eigenvalue weighted by molar-refractivity contribution is -0.144. The standard InChI is InChI=1S/C13H17F4N/c1-6-5-7(2)9(4)10(8(6)3)11(18)13(16,17)12(14)15/h5,11-12H,18H2,1-4H3. The molecule has 1 nitrogen and oxygen atoms in total. The summed E-state index contributed by atoms with van der Waals surface area (Å²) in [5.74, 6) is -4.23. The zero-order chi connectivity index (χ0) is 14.2. The Kier molecular flexibility index (Phi) is 4.05. The normalized spacial score (nSPS) is 14.1. The number of rotatable bonds is 3. The summed E-state index contributed by atoms with van der Waals surface area (Å²) in [6.07, 6.45) is -3.77. The zero-order valence-corrected chi connectivity index (χ0v) is 10.8. The fourth-order valence-electron chi connectivity index (χ4n) is 2.04. The molecule has 0 aliphatic heterocycles. The van der Waals surface area contributed by atoms with Crippen LogP contribution in [0, 0.1) is 27.7 Å². The van der Waals surface area contributed by atoms with Crippen LogP contribution in [0.15, 0.2) is 6.07 Å². The van der Waals surface area contributed by atoms with Gasteiger partial charge in [-0.2, -0.15) is 8.78 Å². The topological polar surface area (TPSA) is 26.0 Å². The zero-order valence-electron chi connectivity index (χ0n) is 10.8. The van der Waals surface area contributed by atoms with E-state index in [-0.39, 0.29) is 5.56 Å². The minimum absolute atomic E-state index is 0.123. The highest BCUT2D eigenvalue weighted by Gasteiger charge is 2.48. The minimum atomic E-state index is -4.23. The molecular weight excluding hydrogens is 246 g/mol. The van der Waals surface area contributed by atoms with Gasteiger partial charge >= 0.3 is 12.3 Å². The lowest BCUT2D eigenvalue weighted by Gasteiger charge is -2.27. The lowest BCUT2D eigenvalue weighted by atomic mass is 9.87. The molecule has 0 amide bonds. The monoisotopic (exact) mass is 263 g/mol. The summed E-state index contributed by atoms with van der Waals surface area (Å²) >= 11 is 0. The molecular formula is C13H17F4N. The third-order valence-electron chi connectivity index (χ3n) is 3.44. The van der Waals surface area contributed by atoms with E-state index >= 15 is 0 Å². The summed E-state index contributed by atoms with van der Waals surface area (Å²) in [4.78, 5) is 0. The molecule has 0 fully saturated rings. The summed E-state index contributed by atoms with van der Waals surface area (Å²) < 4.78 is 51.5. The molecule has 0 spiro atoms. The van der Waals surface area contributed by atoms with Crippen LogP contribution in [0.2, 0.25) is 0 Å². The van der Waals surface area contributed by atoms with Gasteiger partial charge in [-0.3, -0.25) is 0 Å². The molecule has 0 aliphatic carbocycles. The SMILES string of the molecule is Cc1cc(C)c(C)c(C(N)C(F)(F)C(F)F)c1C. The Morgan fingerprint density at radius 3 is 1.72 bits per heavy atom. The molecule has 5 heteroatoms. The maximum Gasteiger partial charge on any atom is 0.326 e. The first-order chi connectivity index (χ1) is 8.10. The van der Waals surface area contributed by atoms with Crippen molar-refractivity contribution in [1.82, 2.24) is 0 Å². The van der Waals surface area contributed by atoms with Crippen molar-refractivity contribution in [3.05, 3.63) is 33.9 Å². The third-order valence-corrected chi connectivity index (χ3v) is 3.44. The van der Waals surface area contributed by atoms with Gasteiger partial charge in [0, 0.05) is 0 Å². The summed E-state index contributed by atoms with van der Waals surface area (Å²) in [5, 5.41) is 0. The predicted molar refractivity (Wildman–Crippen MR) is 63.3 cm³/mol. The van der Waals surface area contributed by atoms with Crippen LogP contribution in [-0.4, -0.2) is 12.3 Å². The van der Waals surface area contributed by atoms with Crippen molar-refractivity contribution >= 4 is 0 Å². The largest absolute Gasteiger partial charge is 0.326 e. The van der Waals surface area contributed by atoms with E-state index in [1.165, 1.54) is 0 Å². The molecule has 102 valence electrons. The second-order valence-corrected chi connectivity index (χ2v) is 4.63. The van der Waals surface area contributed by atoms with Crippen LogP contribution in [0.4, 0.5) is 17.6 Å². The molecule has 0 saturated heterocycles. The number of benzene rings is 1. The van der Waals surface area contributed by atoms with Gasteiger partial charge in [-0.1, -0.05) is 6.07 Å². The van der Waals surface area contributed by atoms with Crippen molar-refractivity contribution in [2.24, 2.45) is 5.73 Å². The molecule has 1 atom stereocenters. The maximum absolute atomic E-state index is 13.4. The Morgan fingerprint density at radius 1 is 1.00 bits per heavy atom. The van der Waals surface area contributed by atoms with Crippen molar-refractivity contribution in [2.75, 3.05) is 0 Å². The number of alkyl halides is 4. The third kappa shape index (κ3) is 2.36. The van der Waals surface area contributed by atoms with Gasteiger partial charge < -0.3 is 5.73 Å². The van der Waals surface area contributed by atoms with E-state index < -0.39 is 18.4 Å². The Balaban J connectivity index is 3.42. The maximum atomic E-state index is 13.4. The molecule has 1 aromatic rings. The van der Waals surface area contributed by atoms with E-state index in [0.717, 1.165) is 11.1 Å². The smallest absolute Gasteiger partial charge is 0.319 e. The molecule has 18 heavy (non-hydrogen) atoms. The molecule has 0 heterocycles. The van der Waals surface area contributed by atoms with Crippen LogP contribution in [0.25, 0.3) is 0 Å². The fraction of sp³-hybridized carbons (Fsp3) is 0.538. The molecule has 0 bridgehead atoms. The highest BCUT2D eigenvalue weighted by Crippen LogP contribution is 2.38. The number of halogens is 4. The molecule has 0 radical (unpaired) electrons. The van der Waals surface area contributed by atoms with Crippen LogP contribution < -0.4 is 5.73 Å². The first kappa shape index (κ1) is 15.0. The number of hydrogen-bond acceptors (Lipinski definition) is 1. The Morgan fingerprint density at radius 2 is 1.39 bits per heavy atom. The van der Waals surface area contributed by atoms with E-state index in [1.54, 1.807) is 27.7 Å². The summed E-state index contributed by atoms with van der Waals surface area (Å²) in [7, 11) is 0. The fourth-order valence-corrected chi connectivity index (χ4v) is 2.04. The van der Waals surface area contributed by atoms with Gasteiger partial charge in [0.25, 0.3) is 0 Å². The summed E-state index contributed by atoms with van der Waals surface area (Å²) in [6, 6.07) is -0.155. The quantitative estimate of drug-likeness (QED) is 0.824. The van der Waals surface area contributed by atoms with Crippen molar-refractivity contribution < 1.29 is 17.6 Å². The number of hydrogen-bond donors (Lipinski definition) is 1. The Bertz CT molecular complexity index is 429. The molecule has 1 unspecified atom stereocenters.